The van der Waals surface area contributed by atoms with Gasteiger partial charge in [-0.2, -0.15) is 0 Å². The van der Waals surface area contributed by atoms with Crippen LogP contribution in [-0.2, 0) is 6.42 Å². The Kier molecular flexibility index (Phi) is 5.29. The highest BCUT2D eigenvalue weighted by molar-refractivity contribution is 6.33. The number of aliphatic imine (C=N–C) groups is 1. The Morgan fingerprint density at radius 2 is 2.12 bits per heavy atom. The van der Waals surface area contributed by atoms with Crippen LogP contribution in [0.15, 0.2) is 17.1 Å². The van der Waals surface area contributed by atoms with E-state index in [1.165, 1.54) is 0 Å². The maximum atomic E-state index is 9.63. The fourth-order valence-electron chi connectivity index (χ4n) is 1.55. The van der Waals surface area contributed by atoms with Crippen LogP contribution < -0.4 is 0 Å². The quantitative estimate of drug-likeness (QED) is 0.644. The molecule has 0 radical (unpaired) electrons. The topological polar surface area (TPSA) is 35.8 Å². The lowest BCUT2D eigenvalue weighted by Gasteiger charge is -2.11. The summed E-state index contributed by atoms with van der Waals surface area (Å²) in [6.07, 6.45) is 3.60. The summed E-state index contributed by atoms with van der Waals surface area (Å²) in [5.41, 5.74) is 1.56. The van der Waals surface area contributed by atoms with Crippen LogP contribution in [0.4, 0.5) is 5.69 Å². The van der Waals surface area contributed by atoms with E-state index >= 15 is 0 Å². The average molecular weight is 255 g/mol. The highest BCUT2D eigenvalue weighted by Gasteiger charge is 2.05. The summed E-state index contributed by atoms with van der Waals surface area (Å²) in [7, 11) is 1.97. The fraction of sp³-hybridized carbons (Fsp3) is 0.462. The third-order valence-corrected chi connectivity index (χ3v) is 2.80. The summed E-state index contributed by atoms with van der Waals surface area (Å²) in [5, 5.41) is 10.1. The van der Waals surface area contributed by atoms with Crippen molar-refractivity contribution in [1.82, 2.24) is 4.90 Å². The number of halogens is 1. The molecule has 0 bridgehead atoms. The van der Waals surface area contributed by atoms with Crippen molar-refractivity contribution in [2.24, 2.45) is 4.99 Å². The number of phenolic OH excluding ortho intramolecular Hbond substituents is 1. The zero-order chi connectivity index (χ0) is 12.8. The SMILES string of the molecule is CCCN(C)C=Nc1cc(CC)c(O)cc1Cl. The predicted molar refractivity (Wildman–Crippen MR) is 73.6 cm³/mol. The Labute approximate surface area is 108 Å². The van der Waals surface area contributed by atoms with Crippen LogP contribution in [0, 0.1) is 0 Å². The molecule has 1 aromatic carbocycles. The molecule has 1 N–H and O–H groups in total. The van der Waals surface area contributed by atoms with Crippen molar-refractivity contribution in [2.45, 2.75) is 26.7 Å². The standard InChI is InChI=1S/C13H19ClN2O/c1-4-6-16(3)9-15-12-7-10(5-2)13(17)8-11(12)14/h7-9,17H,4-6H2,1-3H3. The van der Waals surface area contributed by atoms with Gasteiger partial charge in [-0.3, -0.25) is 0 Å². The van der Waals surface area contributed by atoms with Gasteiger partial charge < -0.3 is 10.0 Å². The lowest BCUT2D eigenvalue weighted by atomic mass is 10.1. The number of aryl methyl sites for hydroxylation is 1. The second-order valence-corrected chi connectivity index (χ2v) is 4.42. The molecule has 0 fully saturated rings. The van der Waals surface area contributed by atoms with E-state index in [4.69, 9.17) is 11.6 Å². The van der Waals surface area contributed by atoms with Gasteiger partial charge in [-0.05, 0) is 24.5 Å². The number of benzene rings is 1. The summed E-state index contributed by atoms with van der Waals surface area (Å²) in [4.78, 5) is 6.34. The Morgan fingerprint density at radius 3 is 2.71 bits per heavy atom. The molecule has 0 amide bonds. The normalized spacial score (nSPS) is 11.1. The Hall–Kier alpha value is -1.22. The van der Waals surface area contributed by atoms with E-state index in [0.717, 1.165) is 24.9 Å². The Bertz CT molecular complexity index is 405. The predicted octanol–water partition coefficient (Wildman–Crippen LogP) is 3.61. The Morgan fingerprint density at radius 1 is 1.41 bits per heavy atom. The molecule has 4 heteroatoms. The molecule has 0 atom stereocenters. The number of phenols is 1. The van der Waals surface area contributed by atoms with Crippen molar-refractivity contribution in [3.05, 3.63) is 22.7 Å². The van der Waals surface area contributed by atoms with Crippen LogP contribution in [0.25, 0.3) is 0 Å². The summed E-state index contributed by atoms with van der Waals surface area (Å²) in [5.74, 6) is 0.235. The molecule has 1 aromatic rings. The summed E-state index contributed by atoms with van der Waals surface area (Å²) in [6.45, 7) is 5.06. The van der Waals surface area contributed by atoms with Gasteiger partial charge in [0.1, 0.15) is 5.75 Å². The van der Waals surface area contributed by atoms with E-state index < -0.39 is 0 Å². The van der Waals surface area contributed by atoms with Gasteiger partial charge in [-0.25, -0.2) is 4.99 Å². The lowest BCUT2D eigenvalue weighted by molar-refractivity contribution is 0.469. The van der Waals surface area contributed by atoms with Crippen molar-refractivity contribution in [2.75, 3.05) is 13.6 Å². The van der Waals surface area contributed by atoms with Crippen molar-refractivity contribution < 1.29 is 5.11 Å². The molecule has 0 aliphatic carbocycles. The van der Waals surface area contributed by atoms with Gasteiger partial charge in [0, 0.05) is 19.7 Å². The molecular formula is C13H19ClN2O. The first kappa shape index (κ1) is 13.8. The maximum absolute atomic E-state index is 9.63. The smallest absolute Gasteiger partial charge is 0.120 e. The largest absolute Gasteiger partial charge is 0.508 e. The van der Waals surface area contributed by atoms with Crippen LogP contribution >= 0.6 is 11.6 Å². The van der Waals surface area contributed by atoms with Crippen molar-refractivity contribution in [3.8, 4) is 5.75 Å². The van der Waals surface area contributed by atoms with E-state index in [-0.39, 0.29) is 5.75 Å². The van der Waals surface area contributed by atoms with Crippen LogP contribution in [-0.4, -0.2) is 29.9 Å². The molecule has 1 rings (SSSR count). The number of hydrogen-bond acceptors (Lipinski definition) is 2. The second-order valence-electron chi connectivity index (χ2n) is 4.01. The van der Waals surface area contributed by atoms with Gasteiger partial charge in [-0.1, -0.05) is 25.4 Å². The van der Waals surface area contributed by atoms with Gasteiger partial charge in [0.05, 0.1) is 17.0 Å². The first-order chi connectivity index (χ1) is 8.08. The Balaban J connectivity index is 2.90. The monoisotopic (exact) mass is 254 g/mol. The first-order valence-electron chi connectivity index (χ1n) is 5.84. The lowest BCUT2D eigenvalue weighted by Crippen LogP contribution is -2.16. The third-order valence-electron chi connectivity index (χ3n) is 2.50. The van der Waals surface area contributed by atoms with Crippen LogP contribution in [0.1, 0.15) is 25.8 Å². The van der Waals surface area contributed by atoms with Crippen LogP contribution in [0.2, 0.25) is 5.02 Å². The molecule has 0 spiro atoms. The maximum Gasteiger partial charge on any atom is 0.120 e. The highest BCUT2D eigenvalue weighted by Crippen LogP contribution is 2.32. The molecule has 17 heavy (non-hydrogen) atoms. The molecule has 0 saturated carbocycles. The minimum Gasteiger partial charge on any atom is -0.508 e. The van der Waals surface area contributed by atoms with Gasteiger partial charge in [0.15, 0.2) is 0 Å². The number of nitrogens with zero attached hydrogens (tertiary/aromatic N) is 2. The van der Waals surface area contributed by atoms with E-state index in [9.17, 15) is 5.11 Å². The molecule has 0 saturated heterocycles. The third kappa shape index (κ3) is 3.93. The number of hydrogen-bond donors (Lipinski definition) is 1. The van der Waals surface area contributed by atoms with Crippen molar-refractivity contribution in [3.63, 3.8) is 0 Å². The first-order valence-corrected chi connectivity index (χ1v) is 6.22. The fourth-order valence-corrected chi connectivity index (χ4v) is 1.75. The number of rotatable bonds is 5. The van der Waals surface area contributed by atoms with Crippen molar-refractivity contribution >= 4 is 23.6 Å². The summed E-state index contributed by atoms with van der Waals surface area (Å²) >= 11 is 6.03. The minimum atomic E-state index is 0.235. The zero-order valence-corrected chi connectivity index (χ0v) is 11.3. The molecule has 3 nitrogen and oxygen atoms in total. The van der Waals surface area contributed by atoms with Gasteiger partial charge in [-0.15, -0.1) is 0 Å². The van der Waals surface area contributed by atoms with Gasteiger partial charge in [0.25, 0.3) is 0 Å². The minimum absolute atomic E-state index is 0.235. The average Bonchev–Trinajstić information content (AvgIpc) is 2.28. The van der Waals surface area contributed by atoms with E-state index in [2.05, 4.69) is 11.9 Å². The number of aromatic hydroxyl groups is 1. The highest BCUT2D eigenvalue weighted by atomic mass is 35.5. The molecule has 0 aliphatic heterocycles. The van der Waals surface area contributed by atoms with Crippen molar-refractivity contribution in [1.29, 1.82) is 0 Å². The summed E-state index contributed by atoms with van der Waals surface area (Å²) < 4.78 is 0. The molecule has 0 aromatic heterocycles. The van der Waals surface area contributed by atoms with Gasteiger partial charge in [0.2, 0.25) is 0 Å². The zero-order valence-electron chi connectivity index (χ0n) is 10.6. The molecule has 0 heterocycles. The summed E-state index contributed by atoms with van der Waals surface area (Å²) in [6, 6.07) is 3.38. The van der Waals surface area contributed by atoms with E-state index in [1.807, 2.05) is 24.9 Å². The molecule has 0 unspecified atom stereocenters. The van der Waals surface area contributed by atoms with Gasteiger partial charge >= 0.3 is 0 Å². The molecular weight excluding hydrogens is 236 g/mol. The van der Waals surface area contributed by atoms with E-state index in [1.54, 1.807) is 12.4 Å². The molecule has 94 valence electrons. The second kappa shape index (κ2) is 6.50. The van der Waals surface area contributed by atoms with Crippen LogP contribution in [0.3, 0.4) is 0 Å². The van der Waals surface area contributed by atoms with E-state index in [0.29, 0.717) is 10.7 Å². The molecule has 0 aliphatic rings. The van der Waals surface area contributed by atoms with Crippen LogP contribution in [0.5, 0.6) is 5.75 Å².